The number of hydrogen-bond acceptors (Lipinski definition) is 0. The first-order valence-corrected chi connectivity index (χ1v) is 3.42. The van der Waals surface area contributed by atoms with Gasteiger partial charge in [-0.3, -0.25) is 0 Å². The van der Waals surface area contributed by atoms with Crippen LogP contribution in [-0.2, 0) is 0 Å². The van der Waals surface area contributed by atoms with Crippen molar-refractivity contribution in [2.75, 3.05) is 0 Å². The maximum atomic E-state index is 11.6. The minimum absolute atomic E-state index is 0. The molecule has 0 fully saturated rings. The quantitative estimate of drug-likeness (QED) is 0.551. The fourth-order valence-electron chi connectivity index (χ4n) is 0.597. The largest absolute Gasteiger partial charge is 1.00 e. The van der Waals surface area contributed by atoms with Crippen LogP contribution in [-0.4, -0.2) is 6.98 Å². The second kappa shape index (κ2) is 5.27. The van der Waals surface area contributed by atoms with Gasteiger partial charge in [0.2, 0.25) is 0 Å². The van der Waals surface area contributed by atoms with Gasteiger partial charge >= 0.3 is 58.4 Å². The molecule has 0 saturated carbocycles. The zero-order valence-corrected chi connectivity index (χ0v) is 10.7. The van der Waals surface area contributed by atoms with Gasteiger partial charge in [-0.15, -0.1) is 0 Å². The van der Waals surface area contributed by atoms with E-state index in [4.69, 9.17) is 0 Å². The Bertz CT molecular complexity index is 91.4. The molecule has 0 rings (SSSR count). The molecule has 0 aliphatic carbocycles. The summed E-state index contributed by atoms with van der Waals surface area (Å²) in [6.45, 7) is 0.877. The Balaban J connectivity index is 0. The van der Waals surface area contributed by atoms with Crippen LogP contribution in [0.15, 0.2) is 0 Å². The van der Waals surface area contributed by atoms with E-state index >= 15 is 0 Å². The molecule has 0 atom stereocenters. The van der Waals surface area contributed by atoms with Crippen LogP contribution in [0.4, 0.5) is 12.9 Å². The van der Waals surface area contributed by atoms with Crippen molar-refractivity contribution in [3.05, 3.63) is 0 Å². The Morgan fingerprint density at radius 1 is 1.09 bits per heavy atom. The van der Waals surface area contributed by atoms with Gasteiger partial charge in [-0.2, -0.15) is 0 Å². The summed E-state index contributed by atoms with van der Waals surface area (Å²) in [6.07, 6.45) is -0.375. The van der Waals surface area contributed by atoms with E-state index in [0.29, 0.717) is 0 Å². The van der Waals surface area contributed by atoms with E-state index in [9.17, 15) is 12.9 Å². The minimum atomic E-state index is -4.57. The van der Waals surface area contributed by atoms with Crippen molar-refractivity contribution in [3.63, 3.8) is 0 Å². The van der Waals surface area contributed by atoms with Crippen LogP contribution in [0.2, 0.25) is 6.32 Å². The molecule has 11 heavy (non-hydrogen) atoms. The van der Waals surface area contributed by atoms with Crippen LogP contribution in [0.25, 0.3) is 0 Å². The standard InChI is InChI=1S/C6H13BF3.K/c1-6(2,3)4-5-7(8,9)10;/h4-5H2,1-3H3;/q-1;+1. The average molecular weight is 192 g/mol. The number of hydrogen-bond donors (Lipinski definition) is 0. The van der Waals surface area contributed by atoms with Crippen LogP contribution in [0.3, 0.4) is 0 Å². The van der Waals surface area contributed by atoms with Gasteiger partial charge in [0.05, 0.1) is 0 Å². The number of halogens is 3. The summed E-state index contributed by atoms with van der Waals surface area (Å²) in [5, 5.41) is 0. The third kappa shape index (κ3) is 14.4. The van der Waals surface area contributed by atoms with E-state index in [-0.39, 0.29) is 63.2 Å². The zero-order chi connectivity index (χ0) is 8.41. The molecule has 0 aromatic heterocycles. The summed E-state index contributed by atoms with van der Waals surface area (Å²) >= 11 is 0. The molecular weight excluding hydrogens is 179 g/mol. The van der Waals surface area contributed by atoms with Crippen molar-refractivity contribution < 1.29 is 64.3 Å². The average Bonchev–Trinajstić information content (AvgIpc) is 1.57. The minimum Gasteiger partial charge on any atom is -0.449 e. The molecule has 0 heterocycles. The molecule has 0 bridgehead atoms. The van der Waals surface area contributed by atoms with Gasteiger partial charge in [0.25, 0.3) is 0 Å². The van der Waals surface area contributed by atoms with E-state index in [1.807, 2.05) is 20.8 Å². The summed E-state index contributed by atoms with van der Waals surface area (Å²) in [7, 11) is 0. The molecule has 0 N–H and O–H groups in total. The van der Waals surface area contributed by atoms with Gasteiger partial charge in [-0.1, -0.05) is 33.5 Å². The van der Waals surface area contributed by atoms with Crippen LogP contribution < -0.4 is 51.4 Å². The molecule has 0 aliphatic rings. The SMILES string of the molecule is CC(C)(C)CC[B-](F)(F)F.[K+]. The Hall–Kier alpha value is 1.49. The van der Waals surface area contributed by atoms with Crippen molar-refractivity contribution in [2.45, 2.75) is 33.5 Å². The van der Waals surface area contributed by atoms with E-state index in [2.05, 4.69) is 0 Å². The molecule has 0 saturated heterocycles. The van der Waals surface area contributed by atoms with Crippen LogP contribution in [0.5, 0.6) is 0 Å². The Morgan fingerprint density at radius 3 is 1.55 bits per heavy atom. The van der Waals surface area contributed by atoms with E-state index in [1.165, 1.54) is 0 Å². The van der Waals surface area contributed by atoms with E-state index in [0.717, 1.165) is 0 Å². The van der Waals surface area contributed by atoms with Gasteiger partial charge in [-0.25, -0.2) is 0 Å². The second-order valence-corrected chi connectivity index (χ2v) is 3.81. The summed E-state index contributed by atoms with van der Waals surface area (Å²) in [5.74, 6) is 0. The van der Waals surface area contributed by atoms with E-state index < -0.39 is 13.3 Å². The molecule has 0 aromatic carbocycles. The summed E-state index contributed by atoms with van der Waals surface area (Å²) in [6, 6.07) is 0. The maximum absolute atomic E-state index is 11.6. The second-order valence-electron chi connectivity index (χ2n) is 3.81. The molecule has 0 unspecified atom stereocenters. The fraction of sp³-hybridized carbons (Fsp3) is 1.00. The molecule has 0 amide bonds. The van der Waals surface area contributed by atoms with Crippen LogP contribution in [0, 0.1) is 5.41 Å². The van der Waals surface area contributed by atoms with Crippen molar-refractivity contribution in [1.29, 1.82) is 0 Å². The van der Waals surface area contributed by atoms with Crippen molar-refractivity contribution in [2.24, 2.45) is 5.41 Å². The summed E-state index contributed by atoms with van der Waals surface area (Å²) < 4.78 is 34.9. The number of rotatable bonds is 2. The monoisotopic (exact) mass is 192 g/mol. The molecule has 0 nitrogen and oxygen atoms in total. The summed E-state index contributed by atoms with van der Waals surface area (Å²) in [5.41, 5.74) is -0.197. The first kappa shape index (κ1) is 15.0. The molecule has 5 heteroatoms. The molecule has 0 aromatic rings. The van der Waals surface area contributed by atoms with Gasteiger partial charge in [0, 0.05) is 0 Å². The predicted octanol–water partition coefficient (Wildman–Crippen LogP) is 0.274. The fourth-order valence-corrected chi connectivity index (χ4v) is 0.597. The molecule has 0 radical (unpaired) electrons. The topological polar surface area (TPSA) is 0 Å². The Morgan fingerprint density at radius 2 is 1.45 bits per heavy atom. The third-order valence-electron chi connectivity index (χ3n) is 1.22. The van der Waals surface area contributed by atoms with Gasteiger partial charge in [0.15, 0.2) is 0 Å². The molecule has 0 aliphatic heterocycles. The Kier molecular flexibility index (Phi) is 7.18. The molecular formula is C6H13BF3K. The maximum Gasteiger partial charge on any atom is 1.00 e. The molecule has 62 valence electrons. The summed E-state index contributed by atoms with van der Waals surface area (Å²) in [4.78, 5) is 0. The first-order chi connectivity index (χ1) is 4.21. The third-order valence-corrected chi connectivity index (χ3v) is 1.22. The zero-order valence-electron chi connectivity index (χ0n) is 7.63. The smallest absolute Gasteiger partial charge is 0.449 e. The van der Waals surface area contributed by atoms with Crippen molar-refractivity contribution >= 4 is 6.98 Å². The first-order valence-electron chi connectivity index (χ1n) is 3.42. The van der Waals surface area contributed by atoms with Gasteiger partial charge < -0.3 is 12.9 Å². The van der Waals surface area contributed by atoms with Crippen molar-refractivity contribution in [1.82, 2.24) is 0 Å². The van der Waals surface area contributed by atoms with Gasteiger partial charge in [-0.05, 0) is 5.41 Å². The normalized spacial score (nSPS) is 12.5. The Labute approximate surface area is 109 Å². The van der Waals surface area contributed by atoms with Gasteiger partial charge in [0.1, 0.15) is 0 Å². The van der Waals surface area contributed by atoms with Crippen LogP contribution in [0.1, 0.15) is 27.2 Å². The molecule has 0 spiro atoms. The van der Waals surface area contributed by atoms with E-state index in [1.54, 1.807) is 0 Å². The predicted molar refractivity (Wildman–Crippen MR) is 38.0 cm³/mol. The van der Waals surface area contributed by atoms with Crippen LogP contribution >= 0.6 is 0 Å². The van der Waals surface area contributed by atoms with Crippen molar-refractivity contribution in [3.8, 4) is 0 Å².